The van der Waals surface area contributed by atoms with Crippen molar-refractivity contribution in [2.24, 2.45) is 0 Å². The van der Waals surface area contributed by atoms with Crippen LogP contribution in [-0.2, 0) is 17.1 Å². The average molecular weight is 493 g/mol. The van der Waals surface area contributed by atoms with E-state index in [0.29, 0.717) is 33.5 Å². The SMILES string of the molecule is CCCCn1c(SCc2csc(N(C(C)=O)c3cccc(C)c3C)n2)nc2ccccc2c1=O. The van der Waals surface area contributed by atoms with Gasteiger partial charge in [-0.3, -0.25) is 19.1 Å². The number of thioether (sulfide) groups is 1. The first-order valence-corrected chi connectivity index (χ1v) is 13.2. The molecule has 0 saturated heterocycles. The summed E-state index contributed by atoms with van der Waals surface area (Å²) in [6.45, 7) is 8.37. The van der Waals surface area contributed by atoms with Gasteiger partial charge in [0.25, 0.3) is 5.56 Å². The number of carbonyl (C=O) groups is 1. The second kappa shape index (κ2) is 10.5. The Morgan fingerprint density at radius 2 is 1.91 bits per heavy atom. The van der Waals surface area contributed by atoms with Gasteiger partial charge in [0.15, 0.2) is 10.3 Å². The smallest absolute Gasteiger partial charge is 0.262 e. The normalized spacial score (nSPS) is 11.2. The third-order valence-electron chi connectivity index (χ3n) is 5.77. The van der Waals surface area contributed by atoms with Crippen LogP contribution in [0, 0.1) is 13.8 Å². The van der Waals surface area contributed by atoms with Crippen LogP contribution in [0.5, 0.6) is 0 Å². The van der Waals surface area contributed by atoms with Crippen molar-refractivity contribution in [2.45, 2.75) is 58.0 Å². The topological polar surface area (TPSA) is 68.1 Å². The highest BCUT2D eigenvalue weighted by Crippen LogP contribution is 2.33. The van der Waals surface area contributed by atoms with Crippen molar-refractivity contribution in [1.82, 2.24) is 14.5 Å². The van der Waals surface area contributed by atoms with Gasteiger partial charge in [-0.05, 0) is 49.6 Å². The standard InChI is InChI=1S/C26H28N4O2S2/c1-5-6-14-29-24(32)21-11-7-8-12-22(21)28-25(29)33-15-20-16-34-26(27-20)30(19(4)31)23-13-9-10-17(2)18(23)3/h7-13,16H,5-6,14-15H2,1-4H3. The van der Waals surface area contributed by atoms with Gasteiger partial charge in [0.2, 0.25) is 5.91 Å². The van der Waals surface area contributed by atoms with Gasteiger partial charge < -0.3 is 0 Å². The van der Waals surface area contributed by atoms with Crippen molar-refractivity contribution < 1.29 is 4.79 Å². The number of hydrogen-bond donors (Lipinski definition) is 0. The quantitative estimate of drug-likeness (QED) is 0.215. The molecule has 0 bridgehead atoms. The molecule has 34 heavy (non-hydrogen) atoms. The number of thiazole rings is 1. The van der Waals surface area contributed by atoms with Crippen molar-refractivity contribution >= 4 is 50.7 Å². The largest absolute Gasteiger partial charge is 0.287 e. The second-order valence-electron chi connectivity index (χ2n) is 8.21. The fourth-order valence-electron chi connectivity index (χ4n) is 3.76. The first-order valence-electron chi connectivity index (χ1n) is 11.3. The number of aromatic nitrogens is 3. The first kappa shape index (κ1) is 24.2. The van der Waals surface area contributed by atoms with Crippen LogP contribution in [0.25, 0.3) is 10.9 Å². The van der Waals surface area contributed by atoms with Crippen LogP contribution < -0.4 is 10.5 Å². The maximum atomic E-state index is 13.1. The zero-order valence-corrected chi connectivity index (χ0v) is 21.5. The van der Waals surface area contributed by atoms with Crippen LogP contribution in [0.3, 0.4) is 0 Å². The van der Waals surface area contributed by atoms with Gasteiger partial charge in [0, 0.05) is 24.6 Å². The Balaban J connectivity index is 1.62. The number of para-hydroxylation sites is 1. The number of nitrogens with zero attached hydrogens (tertiary/aromatic N) is 4. The Morgan fingerprint density at radius 3 is 2.68 bits per heavy atom. The van der Waals surface area contributed by atoms with E-state index in [1.807, 2.05) is 61.7 Å². The van der Waals surface area contributed by atoms with Gasteiger partial charge in [-0.15, -0.1) is 11.3 Å². The number of anilines is 2. The van der Waals surface area contributed by atoms with Gasteiger partial charge in [0.1, 0.15) is 0 Å². The predicted molar refractivity (Wildman–Crippen MR) is 141 cm³/mol. The maximum Gasteiger partial charge on any atom is 0.262 e. The average Bonchev–Trinajstić information content (AvgIpc) is 3.28. The van der Waals surface area contributed by atoms with Crippen LogP contribution >= 0.6 is 23.1 Å². The first-order chi connectivity index (χ1) is 16.4. The number of rotatable bonds is 8. The molecular weight excluding hydrogens is 464 g/mol. The molecule has 4 rings (SSSR count). The Hall–Kier alpha value is -2.97. The molecule has 0 radical (unpaired) electrons. The molecule has 0 unspecified atom stereocenters. The summed E-state index contributed by atoms with van der Waals surface area (Å²) in [6.07, 6.45) is 1.91. The second-order valence-corrected chi connectivity index (χ2v) is 9.98. The lowest BCUT2D eigenvalue weighted by Gasteiger charge is -2.21. The Bertz CT molecular complexity index is 1390. The fourth-order valence-corrected chi connectivity index (χ4v) is 5.66. The van der Waals surface area contributed by atoms with E-state index in [1.54, 1.807) is 16.4 Å². The fraction of sp³-hybridized carbons (Fsp3) is 0.308. The van der Waals surface area contributed by atoms with E-state index in [9.17, 15) is 9.59 Å². The minimum absolute atomic E-state index is 0.00167. The molecule has 176 valence electrons. The molecule has 2 aromatic heterocycles. The van der Waals surface area contributed by atoms with Gasteiger partial charge >= 0.3 is 0 Å². The molecule has 0 aliphatic rings. The lowest BCUT2D eigenvalue weighted by Crippen LogP contribution is -2.24. The number of benzene rings is 2. The number of fused-ring (bicyclic) bond motifs is 1. The van der Waals surface area contributed by atoms with E-state index >= 15 is 0 Å². The van der Waals surface area contributed by atoms with Crippen LogP contribution in [0.4, 0.5) is 10.8 Å². The molecule has 0 N–H and O–H groups in total. The summed E-state index contributed by atoms with van der Waals surface area (Å²) < 4.78 is 1.78. The van der Waals surface area contributed by atoms with Crippen molar-refractivity contribution in [2.75, 3.05) is 4.90 Å². The molecule has 1 amide bonds. The van der Waals surface area contributed by atoms with Crippen molar-refractivity contribution in [1.29, 1.82) is 0 Å². The number of hydrogen-bond acceptors (Lipinski definition) is 6. The van der Waals surface area contributed by atoms with E-state index < -0.39 is 0 Å². The van der Waals surface area contributed by atoms with E-state index in [0.717, 1.165) is 35.3 Å². The van der Waals surface area contributed by atoms with E-state index in [2.05, 4.69) is 6.92 Å². The minimum atomic E-state index is -0.0770. The summed E-state index contributed by atoms with van der Waals surface area (Å²) in [5.41, 5.74) is 4.60. The highest BCUT2D eigenvalue weighted by atomic mass is 32.2. The molecule has 8 heteroatoms. The summed E-state index contributed by atoms with van der Waals surface area (Å²) >= 11 is 2.95. The zero-order chi connectivity index (χ0) is 24.2. The zero-order valence-electron chi connectivity index (χ0n) is 19.9. The van der Waals surface area contributed by atoms with Crippen molar-refractivity contribution in [3.8, 4) is 0 Å². The molecule has 0 atom stereocenters. The Kier molecular flexibility index (Phi) is 7.48. The Morgan fingerprint density at radius 1 is 1.12 bits per heavy atom. The molecule has 6 nitrogen and oxygen atoms in total. The molecule has 0 aliphatic carbocycles. The number of unbranched alkanes of at least 4 members (excludes halogenated alkanes) is 1. The summed E-state index contributed by atoms with van der Waals surface area (Å²) in [5, 5.41) is 3.96. The van der Waals surface area contributed by atoms with Gasteiger partial charge in [-0.2, -0.15) is 0 Å². The predicted octanol–water partition coefficient (Wildman–Crippen LogP) is 6.25. The summed E-state index contributed by atoms with van der Waals surface area (Å²) in [7, 11) is 0. The molecule has 4 aromatic rings. The van der Waals surface area contributed by atoms with Crippen molar-refractivity contribution in [3.63, 3.8) is 0 Å². The molecule has 0 spiro atoms. The van der Waals surface area contributed by atoms with E-state index in [-0.39, 0.29) is 11.5 Å². The number of aryl methyl sites for hydroxylation is 1. The minimum Gasteiger partial charge on any atom is -0.287 e. The van der Waals surface area contributed by atoms with Crippen LogP contribution in [-0.4, -0.2) is 20.4 Å². The molecule has 2 aromatic carbocycles. The molecule has 2 heterocycles. The third kappa shape index (κ3) is 4.93. The van der Waals surface area contributed by atoms with Crippen LogP contribution in [0.2, 0.25) is 0 Å². The lowest BCUT2D eigenvalue weighted by atomic mass is 10.1. The van der Waals surface area contributed by atoms with Crippen LogP contribution in [0.1, 0.15) is 43.5 Å². The summed E-state index contributed by atoms with van der Waals surface area (Å²) in [4.78, 5) is 36.9. The van der Waals surface area contributed by atoms with E-state index in [1.165, 1.54) is 23.1 Å². The van der Waals surface area contributed by atoms with Crippen LogP contribution in [0.15, 0.2) is 57.8 Å². The van der Waals surface area contributed by atoms with Crippen molar-refractivity contribution in [3.05, 3.63) is 75.0 Å². The lowest BCUT2D eigenvalue weighted by molar-refractivity contribution is -0.115. The highest BCUT2D eigenvalue weighted by Gasteiger charge is 2.20. The van der Waals surface area contributed by atoms with E-state index in [4.69, 9.17) is 9.97 Å². The maximum absolute atomic E-state index is 13.1. The highest BCUT2D eigenvalue weighted by molar-refractivity contribution is 7.98. The molecular formula is C26H28N4O2S2. The number of carbonyl (C=O) groups excluding carboxylic acids is 1. The van der Waals surface area contributed by atoms with Gasteiger partial charge in [-0.25, -0.2) is 9.97 Å². The monoisotopic (exact) mass is 492 g/mol. The molecule has 0 saturated carbocycles. The summed E-state index contributed by atoms with van der Waals surface area (Å²) in [5.74, 6) is 0.484. The Labute approximate surface area is 207 Å². The van der Waals surface area contributed by atoms with Gasteiger partial charge in [-0.1, -0.05) is 49.4 Å². The molecule has 0 fully saturated rings. The third-order valence-corrected chi connectivity index (χ3v) is 7.66. The summed E-state index contributed by atoms with van der Waals surface area (Å²) in [6, 6.07) is 13.4. The van der Waals surface area contributed by atoms with Gasteiger partial charge in [0.05, 0.1) is 22.3 Å². The number of amides is 1. The molecule has 0 aliphatic heterocycles.